The molecule has 0 saturated heterocycles. The Morgan fingerprint density at radius 2 is 1.79 bits per heavy atom. The highest BCUT2D eigenvalue weighted by molar-refractivity contribution is 5.57. The number of aromatic nitrogens is 2. The molecule has 1 heterocycles. The van der Waals surface area contributed by atoms with E-state index in [9.17, 15) is 0 Å². The van der Waals surface area contributed by atoms with Crippen molar-refractivity contribution in [3.05, 3.63) is 41.7 Å². The second kappa shape index (κ2) is 5.57. The van der Waals surface area contributed by atoms with Gasteiger partial charge in [0.25, 0.3) is 0 Å². The van der Waals surface area contributed by atoms with Crippen LogP contribution in [0, 0.1) is 0 Å². The van der Waals surface area contributed by atoms with Gasteiger partial charge in [0.2, 0.25) is 0 Å². The monoisotopic (exact) mass is 257 g/mol. The Morgan fingerprint density at radius 1 is 1.16 bits per heavy atom. The molecule has 1 unspecified atom stereocenters. The molecule has 2 rings (SSSR count). The number of benzene rings is 1. The van der Waals surface area contributed by atoms with Gasteiger partial charge >= 0.3 is 0 Å². The first-order valence-electron chi connectivity index (χ1n) is 6.96. The molecule has 2 N–H and O–H groups in total. The largest absolute Gasteiger partial charge is 0.327 e. The maximum Gasteiger partial charge on any atom is 0.140 e. The van der Waals surface area contributed by atoms with Crippen LogP contribution in [-0.2, 0) is 6.54 Å². The third-order valence-electron chi connectivity index (χ3n) is 3.50. The van der Waals surface area contributed by atoms with Crippen molar-refractivity contribution in [2.75, 3.05) is 0 Å². The molecule has 0 aliphatic rings. The van der Waals surface area contributed by atoms with Crippen LogP contribution in [0.3, 0.4) is 0 Å². The summed E-state index contributed by atoms with van der Waals surface area (Å²) in [7, 11) is 0. The van der Waals surface area contributed by atoms with Gasteiger partial charge in [0.15, 0.2) is 0 Å². The van der Waals surface area contributed by atoms with Gasteiger partial charge in [0.05, 0.1) is 11.9 Å². The molecule has 0 aliphatic carbocycles. The van der Waals surface area contributed by atoms with E-state index in [4.69, 9.17) is 5.73 Å². The Hall–Kier alpha value is -1.61. The van der Waals surface area contributed by atoms with E-state index in [1.165, 1.54) is 5.56 Å². The van der Waals surface area contributed by atoms with Crippen molar-refractivity contribution in [1.82, 2.24) is 9.55 Å². The van der Waals surface area contributed by atoms with E-state index in [0.717, 1.165) is 23.6 Å². The lowest BCUT2D eigenvalue weighted by atomic mass is 10.0. The van der Waals surface area contributed by atoms with Crippen molar-refractivity contribution in [2.24, 2.45) is 5.73 Å². The van der Waals surface area contributed by atoms with Crippen LogP contribution in [0.25, 0.3) is 11.4 Å². The van der Waals surface area contributed by atoms with Crippen LogP contribution in [0.2, 0.25) is 0 Å². The van der Waals surface area contributed by atoms with Gasteiger partial charge in [0, 0.05) is 18.2 Å². The molecule has 0 amide bonds. The summed E-state index contributed by atoms with van der Waals surface area (Å²) in [4.78, 5) is 4.54. The zero-order valence-corrected chi connectivity index (χ0v) is 12.2. The third-order valence-corrected chi connectivity index (χ3v) is 3.50. The molecule has 3 heteroatoms. The van der Waals surface area contributed by atoms with Gasteiger partial charge < -0.3 is 10.3 Å². The number of rotatable bonds is 4. The van der Waals surface area contributed by atoms with Gasteiger partial charge in [-0.25, -0.2) is 4.98 Å². The van der Waals surface area contributed by atoms with E-state index in [-0.39, 0.29) is 6.04 Å². The Balaban J connectivity index is 2.41. The van der Waals surface area contributed by atoms with Crippen LogP contribution >= 0.6 is 0 Å². The highest BCUT2D eigenvalue weighted by Gasteiger charge is 2.13. The molecule has 1 aromatic heterocycles. The molecule has 0 aliphatic heterocycles. The first-order valence-corrected chi connectivity index (χ1v) is 6.96. The minimum absolute atomic E-state index is 0.0103. The van der Waals surface area contributed by atoms with E-state index in [1.54, 1.807) is 0 Å². The Morgan fingerprint density at radius 3 is 2.26 bits per heavy atom. The van der Waals surface area contributed by atoms with Crippen molar-refractivity contribution in [2.45, 2.75) is 46.2 Å². The van der Waals surface area contributed by atoms with Gasteiger partial charge in [-0.05, 0) is 25.3 Å². The molecule has 0 spiro atoms. The number of nitrogens with two attached hydrogens (primary N) is 1. The second-order valence-electron chi connectivity index (χ2n) is 5.32. The van der Waals surface area contributed by atoms with E-state index < -0.39 is 0 Å². The van der Waals surface area contributed by atoms with Gasteiger partial charge in [-0.2, -0.15) is 0 Å². The van der Waals surface area contributed by atoms with Gasteiger partial charge in [-0.1, -0.05) is 38.1 Å². The smallest absolute Gasteiger partial charge is 0.140 e. The summed E-state index contributed by atoms with van der Waals surface area (Å²) < 4.78 is 2.19. The van der Waals surface area contributed by atoms with Crippen molar-refractivity contribution < 1.29 is 0 Å². The summed E-state index contributed by atoms with van der Waals surface area (Å²) in [6.45, 7) is 9.42. The van der Waals surface area contributed by atoms with Gasteiger partial charge in [0.1, 0.15) is 5.82 Å². The first kappa shape index (κ1) is 13.8. The van der Waals surface area contributed by atoms with Crippen LogP contribution in [0.15, 0.2) is 30.5 Å². The normalized spacial score (nSPS) is 12.9. The van der Waals surface area contributed by atoms with Crippen molar-refractivity contribution >= 4 is 0 Å². The topological polar surface area (TPSA) is 43.8 Å². The molecule has 102 valence electrons. The summed E-state index contributed by atoms with van der Waals surface area (Å²) in [6.07, 6.45) is 1.89. The first-order chi connectivity index (χ1) is 9.04. The van der Waals surface area contributed by atoms with E-state index >= 15 is 0 Å². The zero-order chi connectivity index (χ0) is 14.0. The Kier molecular flexibility index (Phi) is 4.05. The molecule has 3 nitrogen and oxygen atoms in total. The average molecular weight is 257 g/mol. The zero-order valence-electron chi connectivity index (χ0n) is 12.2. The minimum Gasteiger partial charge on any atom is -0.327 e. The molecule has 0 fully saturated rings. The predicted octanol–water partition coefficient (Wildman–Crippen LogP) is 3.71. The SMILES string of the molecule is CCn1c(C(C)N)cnc1-c1ccc(C(C)C)cc1. The fraction of sp³-hybridized carbons (Fsp3) is 0.438. The maximum atomic E-state index is 5.98. The Bertz CT molecular complexity index is 536. The third kappa shape index (κ3) is 2.71. The maximum absolute atomic E-state index is 5.98. The number of nitrogens with zero attached hydrogens (tertiary/aromatic N) is 2. The van der Waals surface area contributed by atoms with Gasteiger partial charge in [-0.3, -0.25) is 0 Å². The van der Waals surface area contributed by atoms with Crippen LogP contribution in [0.1, 0.15) is 50.9 Å². The van der Waals surface area contributed by atoms with Crippen LogP contribution < -0.4 is 5.73 Å². The minimum atomic E-state index is 0.0103. The van der Waals surface area contributed by atoms with Crippen LogP contribution in [0.5, 0.6) is 0 Å². The number of hydrogen-bond acceptors (Lipinski definition) is 2. The predicted molar refractivity (Wildman–Crippen MR) is 80.0 cm³/mol. The molecule has 2 aromatic rings. The average Bonchev–Trinajstić information content (AvgIpc) is 2.82. The van der Waals surface area contributed by atoms with Crippen molar-refractivity contribution in [3.8, 4) is 11.4 Å². The lowest BCUT2D eigenvalue weighted by Gasteiger charge is -2.12. The number of hydrogen-bond donors (Lipinski definition) is 1. The molecular weight excluding hydrogens is 234 g/mol. The fourth-order valence-electron chi connectivity index (χ4n) is 2.33. The molecule has 0 saturated carbocycles. The van der Waals surface area contributed by atoms with Crippen molar-refractivity contribution in [1.29, 1.82) is 0 Å². The molecule has 1 atom stereocenters. The van der Waals surface area contributed by atoms with Crippen molar-refractivity contribution in [3.63, 3.8) is 0 Å². The summed E-state index contributed by atoms with van der Waals surface area (Å²) >= 11 is 0. The summed E-state index contributed by atoms with van der Waals surface area (Å²) in [6, 6.07) is 8.67. The highest BCUT2D eigenvalue weighted by atomic mass is 15.1. The number of imidazole rings is 1. The molecule has 1 aromatic carbocycles. The van der Waals surface area contributed by atoms with Gasteiger partial charge in [-0.15, -0.1) is 0 Å². The Labute approximate surface area is 115 Å². The second-order valence-corrected chi connectivity index (χ2v) is 5.32. The molecule has 19 heavy (non-hydrogen) atoms. The summed E-state index contributed by atoms with van der Waals surface area (Å²) in [5.41, 5.74) is 9.58. The van der Waals surface area contributed by atoms with E-state index in [1.807, 2.05) is 13.1 Å². The summed E-state index contributed by atoms with van der Waals surface area (Å²) in [5.74, 6) is 1.56. The van der Waals surface area contributed by atoms with E-state index in [2.05, 4.69) is 54.6 Å². The molecular formula is C16H23N3. The van der Waals surface area contributed by atoms with Crippen LogP contribution in [0.4, 0.5) is 0 Å². The quantitative estimate of drug-likeness (QED) is 0.907. The summed E-state index contributed by atoms with van der Waals surface area (Å²) in [5, 5.41) is 0. The lowest BCUT2D eigenvalue weighted by molar-refractivity contribution is 0.662. The molecule has 0 radical (unpaired) electrons. The standard InChI is InChI=1S/C16H23N3/c1-5-19-15(12(4)17)10-18-16(19)14-8-6-13(7-9-14)11(2)3/h6-12H,5,17H2,1-4H3. The van der Waals surface area contributed by atoms with Crippen LogP contribution in [-0.4, -0.2) is 9.55 Å². The highest BCUT2D eigenvalue weighted by Crippen LogP contribution is 2.24. The fourth-order valence-corrected chi connectivity index (χ4v) is 2.33. The molecule has 0 bridgehead atoms. The van der Waals surface area contributed by atoms with E-state index in [0.29, 0.717) is 5.92 Å². The lowest BCUT2D eigenvalue weighted by Crippen LogP contribution is -2.12.